The summed E-state index contributed by atoms with van der Waals surface area (Å²) in [6.45, 7) is 4.08. The fourth-order valence-electron chi connectivity index (χ4n) is 2.95. The fraction of sp³-hybridized carbons (Fsp3) is 0.750. The van der Waals surface area contributed by atoms with Crippen molar-refractivity contribution < 1.29 is 17.7 Å². The Kier molecular flexibility index (Phi) is 6.40. The minimum atomic E-state index is -3.41. The van der Waals surface area contributed by atoms with E-state index in [0.717, 1.165) is 37.8 Å². The zero-order valence-corrected chi connectivity index (χ0v) is 15.4. The van der Waals surface area contributed by atoms with Crippen LogP contribution in [-0.2, 0) is 21.4 Å². The molecule has 0 unspecified atom stereocenters. The number of aromatic nitrogens is 1. The Bertz CT molecular complexity index is 648. The average molecular weight is 357 g/mol. The van der Waals surface area contributed by atoms with Crippen LogP contribution in [0.25, 0.3) is 0 Å². The minimum Gasteiger partial charge on any atom is -0.359 e. The molecule has 1 saturated carbocycles. The summed E-state index contributed by atoms with van der Waals surface area (Å²) >= 11 is 0. The van der Waals surface area contributed by atoms with E-state index in [9.17, 15) is 13.2 Å². The molecule has 0 atom stereocenters. The third-order valence-corrected chi connectivity index (χ3v) is 5.62. The lowest BCUT2D eigenvalue weighted by Crippen LogP contribution is -2.46. The maximum Gasteiger partial charge on any atom is 0.235 e. The van der Waals surface area contributed by atoms with Gasteiger partial charge in [0.25, 0.3) is 0 Å². The zero-order chi connectivity index (χ0) is 17.7. The summed E-state index contributed by atoms with van der Waals surface area (Å²) in [6, 6.07) is 1.73. The molecule has 1 fully saturated rings. The summed E-state index contributed by atoms with van der Waals surface area (Å²) < 4.78 is 30.6. The van der Waals surface area contributed by atoms with Crippen LogP contribution in [-0.4, -0.2) is 42.6 Å². The molecule has 0 aliphatic heterocycles. The average Bonchev–Trinajstić information content (AvgIpc) is 2.99. The highest BCUT2D eigenvalue weighted by Crippen LogP contribution is 2.24. The van der Waals surface area contributed by atoms with Gasteiger partial charge in [-0.3, -0.25) is 4.79 Å². The molecule has 0 radical (unpaired) electrons. The van der Waals surface area contributed by atoms with Crippen molar-refractivity contribution in [1.82, 2.24) is 14.8 Å². The summed E-state index contributed by atoms with van der Waals surface area (Å²) in [5, 5.41) is 6.65. The predicted octanol–water partition coefficient (Wildman–Crippen LogP) is 2.01. The zero-order valence-electron chi connectivity index (χ0n) is 14.6. The summed E-state index contributed by atoms with van der Waals surface area (Å²) in [5.41, 5.74) is 0.833. The van der Waals surface area contributed by atoms with Crippen LogP contribution in [0.15, 0.2) is 10.6 Å². The van der Waals surface area contributed by atoms with E-state index in [1.165, 1.54) is 10.6 Å². The minimum absolute atomic E-state index is 0.0719. The molecule has 0 bridgehead atoms. The van der Waals surface area contributed by atoms with Gasteiger partial charge in [-0.15, -0.1) is 0 Å². The Morgan fingerprint density at radius 3 is 2.58 bits per heavy atom. The number of nitrogens with one attached hydrogen (secondary N) is 1. The normalized spacial score (nSPS) is 16.7. The third kappa shape index (κ3) is 5.31. The van der Waals surface area contributed by atoms with Gasteiger partial charge < -0.3 is 9.84 Å². The first-order valence-corrected chi connectivity index (χ1v) is 10.3. The van der Waals surface area contributed by atoms with Crippen molar-refractivity contribution in [2.75, 3.05) is 12.8 Å². The van der Waals surface area contributed by atoms with Gasteiger partial charge in [0.1, 0.15) is 0 Å². The van der Waals surface area contributed by atoms with Gasteiger partial charge in [0, 0.05) is 12.1 Å². The highest BCUT2D eigenvalue weighted by Gasteiger charge is 2.29. The van der Waals surface area contributed by atoms with Gasteiger partial charge in [-0.2, -0.15) is 4.31 Å². The van der Waals surface area contributed by atoms with E-state index in [-0.39, 0.29) is 31.0 Å². The van der Waals surface area contributed by atoms with Crippen LogP contribution in [0.4, 0.5) is 0 Å². The second-order valence-electron chi connectivity index (χ2n) is 6.75. The van der Waals surface area contributed by atoms with Crippen LogP contribution in [0.2, 0.25) is 0 Å². The molecule has 7 nitrogen and oxygen atoms in total. The fourth-order valence-corrected chi connectivity index (χ4v) is 4.06. The van der Waals surface area contributed by atoms with Gasteiger partial charge in [-0.1, -0.05) is 38.3 Å². The number of carbonyl (C=O) groups is 1. The predicted molar refractivity (Wildman–Crippen MR) is 90.9 cm³/mol. The summed E-state index contributed by atoms with van der Waals surface area (Å²) in [7, 11) is -3.41. The van der Waals surface area contributed by atoms with Gasteiger partial charge in [0.2, 0.25) is 15.9 Å². The van der Waals surface area contributed by atoms with Crippen molar-refractivity contribution in [3.05, 3.63) is 17.5 Å². The first-order valence-electron chi connectivity index (χ1n) is 8.46. The van der Waals surface area contributed by atoms with Crippen molar-refractivity contribution in [2.24, 2.45) is 0 Å². The van der Waals surface area contributed by atoms with Gasteiger partial charge in [0.05, 0.1) is 25.0 Å². The smallest absolute Gasteiger partial charge is 0.235 e. The molecule has 0 spiro atoms. The van der Waals surface area contributed by atoms with Gasteiger partial charge in [-0.25, -0.2) is 8.42 Å². The lowest BCUT2D eigenvalue weighted by atomic mass is 9.95. The van der Waals surface area contributed by atoms with Crippen LogP contribution in [0.1, 0.15) is 63.3 Å². The molecule has 8 heteroatoms. The number of hydrogen-bond acceptors (Lipinski definition) is 5. The maximum absolute atomic E-state index is 12.2. The highest BCUT2D eigenvalue weighted by atomic mass is 32.2. The van der Waals surface area contributed by atoms with Crippen molar-refractivity contribution in [2.45, 2.75) is 64.5 Å². The molecule has 2 rings (SSSR count). The standard InChI is InChI=1S/C16H27N3O4S/c1-12(2)15-9-14(23-18-15)10-17-16(20)11-19(24(3,21)22)13-7-5-4-6-8-13/h9,12-13H,4-8,10-11H2,1-3H3,(H,17,20). The SMILES string of the molecule is CC(C)c1cc(CNC(=O)CN(C2CCCCC2)S(C)(=O)=O)on1. The number of sulfonamides is 1. The molecule has 1 heterocycles. The molecular weight excluding hydrogens is 330 g/mol. The lowest BCUT2D eigenvalue weighted by Gasteiger charge is -2.31. The quantitative estimate of drug-likeness (QED) is 0.806. The van der Waals surface area contributed by atoms with E-state index in [1.807, 2.05) is 13.8 Å². The topological polar surface area (TPSA) is 92.5 Å². The molecule has 1 amide bonds. The van der Waals surface area contributed by atoms with E-state index < -0.39 is 10.0 Å². The Balaban J connectivity index is 1.92. The van der Waals surface area contributed by atoms with E-state index in [4.69, 9.17) is 4.52 Å². The monoisotopic (exact) mass is 357 g/mol. The van der Waals surface area contributed by atoms with E-state index in [2.05, 4.69) is 10.5 Å². The van der Waals surface area contributed by atoms with Gasteiger partial charge in [-0.05, 0) is 18.8 Å². The van der Waals surface area contributed by atoms with Crippen molar-refractivity contribution in [3.8, 4) is 0 Å². The van der Waals surface area contributed by atoms with Gasteiger partial charge >= 0.3 is 0 Å². The van der Waals surface area contributed by atoms with Crippen LogP contribution >= 0.6 is 0 Å². The second kappa shape index (κ2) is 8.11. The van der Waals surface area contributed by atoms with Crippen LogP contribution in [0, 0.1) is 0 Å². The highest BCUT2D eigenvalue weighted by molar-refractivity contribution is 7.88. The lowest BCUT2D eigenvalue weighted by molar-refractivity contribution is -0.122. The van der Waals surface area contributed by atoms with Crippen molar-refractivity contribution in [1.29, 1.82) is 0 Å². The van der Waals surface area contributed by atoms with Crippen molar-refractivity contribution in [3.63, 3.8) is 0 Å². The first kappa shape index (κ1) is 18.9. The second-order valence-corrected chi connectivity index (χ2v) is 8.68. The molecule has 1 aliphatic carbocycles. The molecule has 0 aromatic carbocycles. The number of carbonyl (C=O) groups excluding carboxylic acids is 1. The van der Waals surface area contributed by atoms with Crippen molar-refractivity contribution >= 4 is 15.9 Å². The summed E-state index contributed by atoms with van der Waals surface area (Å²) in [6.07, 6.45) is 5.95. The maximum atomic E-state index is 12.2. The third-order valence-electron chi connectivity index (χ3n) is 4.34. The Hall–Kier alpha value is -1.41. The van der Waals surface area contributed by atoms with Crippen LogP contribution in [0.3, 0.4) is 0 Å². The molecule has 24 heavy (non-hydrogen) atoms. The molecule has 136 valence electrons. The summed E-state index contributed by atoms with van der Waals surface area (Å²) in [5.74, 6) is 0.495. The molecule has 1 aromatic heterocycles. The van der Waals surface area contributed by atoms with E-state index >= 15 is 0 Å². The van der Waals surface area contributed by atoms with E-state index in [1.54, 1.807) is 6.07 Å². The molecule has 0 saturated heterocycles. The van der Waals surface area contributed by atoms with E-state index in [0.29, 0.717) is 5.76 Å². The molecular formula is C16H27N3O4S. The Morgan fingerprint density at radius 2 is 2.04 bits per heavy atom. The number of rotatable bonds is 7. The first-order chi connectivity index (χ1) is 11.3. The van der Waals surface area contributed by atoms with Crippen LogP contribution in [0.5, 0.6) is 0 Å². The Morgan fingerprint density at radius 1 is 1.38 bits per heavy atom. The number of amides is 1. The molecule has 1 aromatic rings. The van der Waals surface area contributed by atoms with Gasteiger partial charge in [0.15, 0.2) is 5.76 Å². The molecule has 1 N–H and O–H groups in total. The Labute approximate surface area is 143 Å². The number of hydrogen-bond donors (Lipinski definition) is 1. The molecule has 1 aliphatic rings. The largest absolute Gasteiger partial charge is 0.359 e. The van der Waals surface area contributed by atoms with Crippen LogP contribution < -0.4 is 5.32 Å². The summed E-state index contributed by atoms with van der Waals surface area (Å²) in [4.78, 5) is 12.2. The number of nitrogens with zero attached hydrogens (tertiary/aromatic N) is 2.